The Labute approximate surface area is 97.9 Å². The van der Waals surface area contributed by atoms with Gasteiger partial charge in [-0.25, -0.2) is 0 Å². The molecule has 0 heterocycles. The summed E-state index contributed by atoms with van der Waals surface area (Å²) in [5.74, 6) is 0. The van der Waals surface area contributed by atoms with Crippen molar-refractivity contribution < 1.29 is 0 Å². The van der Waals surface area contributed by atoms with Crippen LogP contribution in [0.4, 0.5) is 0 Å². The van der Waals surface area contributed by atoms with Gasteiger partial charge in [0.15, 0.2) is 0 Å². The fourth-order valence-corrected chi connectivity index (χ4v) is 1.69. The first kappa shape index (κ1) is 10.9. The van der Waals surface area contributed by atoms with Crippen LogP contribution >= 0.6 is 0 Å². The molecule has 0 atom stereocenters. The van der Waals surface area contributed by atoms with Crippen LogP contribution in [0.5, 0.6) is 0 Å². The zero-order chi connectivity index (χ0) is 11.6. The van der Waals surface area contributed by atoms with E-state index in [9.17, 15) is 0 Å². The number of benzene rings is 2. The van der Waals surface area contributed by atoms with Crippen LogP contribution in [0.15, 0.2) is 48.5 Å². The Morgan fingerprint density at radius 3 is 2.12 bits per heavy atom. The first-order valence-corrected chi connectivity index (χ1v) is 5.65. The second kappa shape index (κ2) is 4.13. The highest BCUT2D eigenvalue weighted by Crippen LogP contribution is 2.26. The van der Waals surface area contributed by atoms with Gasteiger partial charge < -0.3 is 0 Å². The third-order valence-electron chi connectivity index (χ3n) is 2.69. The van der Waals surface area contributed by atoms with E-state index in [0.29, 0.717) is 0 Å². The molecule has 0 aliphatic rings. The van der Waals surface area contributed by atoms with Gasteiger partial charge in [-0.15, -0.1) is 0 Å². The molecule has 2 rings (SSSR count). The number of hydrogen-bond donors (Lipinski definition) is 0. The molecule has 2 aromatic carbocycles. The van der Waals surface area contributed by atoms with Crippen LogP contribution in [0.1, 0.15) is 26.3 Å². The van der Waals surface area contributed by atoms with Crippen molar-refractivity contribution in [2.45, 2.75) is 26.2 Å². The van der Waals surface area contributed by atoms with Crippen molar-refractivity contribution in [3.63, 3.8) is 0 Å². The van der Waals surface area contributed by atoms with Crippen molar-refractivity contribution in [1.82, 2.24) is 0 Å². The first-order chi connectivity index (χ1) is 7.57. The van der Waals surface area contributed by atoms with Crippen LogP contribution in [0.25, 0.3) is 11.1 Å². The molecule has 0 bridgehead atoms. The van der Waals surface area contributed by atoms with E-state index >= 15 is 0 Å². The van der Waals surface area contributed by atoms with E-state index in [-0.39, 0.29) is 5.41 Å². The van der Waals surface area contributed by atoms with Gasteiger partial charge in [-0.2, -0.15) is 0 Å². The summed E-state index contributed by atoms with van der Waals surface area (Å²) < 4.78 is 0. The average molecular weight is 209 g/mol. The largest absolute Gasteiger partial charge is 0.0622 e. The molecule has 0 amide bonds. The van der Waals surface area contributed by atoms with Crippen molar-refractivity contribution >= 4 is 0 Å². The zero-order valence-corrected chi connectivity index (χ0v) is 10.1. The molecule has 1 radical (unpaired) electrons. The van der Waals surface area contributed by atoms with Crippen molar-refractivity contribution in [3.05, 3.63) is 60.2 Å². The van der Waals surface area contributed by atoms with E-state index < -0.39 is 0 Å². The van der Waals surface area contributed by atoms with Gasteiger partial charge in [0.2, 0.25) is 0 Å². The van der Waals surface area contributed by atoms with E-state index in [1.54, 1.807) is 0 Å². The SMILES string of the molecule is CC(C)(C)c1[c]c(-c2ccccc2)ccc1. The van der Waals surface area contributed by atoms with Crippen molar-refractivity contribution in [2.24, 2.45) is 0 Å². The lowest BCUT2D eigenvalue weighted by Crippen LogP contribution is -2.10. The lowest BCUT2D eigenvalue weighted by atomic mass is 9.85. The Morgan fingerprint density at radius 1 is 0.812 bits per heavy atom. The van der Waals surface area contributed by atoms with Gasteiger partial charge in [0, 0.05) is 0 Å². The van der Waals surface area contributed by atoms with Crippen LogP contribution in [0.3, 0.4) is 0 Å². The molecule has 81 valence electrons. The Morgan fingerprint density at radius 2 is 1.50 bits per heavy atom. The summed E-state index contributed by atoms with van der Waals surface area (Å²) in [5.41, 5.74) is 3.82. The topological polar surface area (TPSA) is 0 Å². The lowest BCUT2D eigenvalue weighted by Gasteiger charge is -2.19. The summed E-state index contributed by atoms with van der Waals surface area (Å²) >= 11 is 0. The smallest absolute Gasteiger partial charge is 0.00588 e. The Bertz CT molecular complexity index is 461. The van der Waals surface area contributed by atoms with Crippen molar-refractivity contribution in [1.29, 1.82) is 0 Å². The predicted molar refractivity (Wildman–Crippen MR) is 69.4 cm³/mol. The molecule has 0 unspecified atom stereocenters. The van der Waals surface area contributed by atoms with Crippen molar-refractivity contribution in [3.8, 4) is 11.1 Å². The lowest BCUT2D eigenvalue weighted by molar-refractivity contribution is 0.589. The van der Waals surface area contributed by atoms with Crippen LogP contribution in [0, 0.1) is 6.07 Å². The molecule has 0 aliphatic carbocycles. The molecular formula is C16H17. The Kier molecular flexibility index (Phi) is 2.82. The Balaban J connectivity index is 2.45. The molecule has 0 aliphatic heterocycles. The third kappa shape index (κ3) is 2.33. The van der Waals surface area contributed by atoms with Crippen LogP contribution in [-0.2, 0) is 5.41 Å². The maximum atomic E-state index is 3.50. The van der Waals surface area contributed by atoms with Crippen molar-refractivity contribution in [2.75, 3.05) is 0 Å². The van der Waals surface area contributed by atoms with Gasteiger partial charge in [-0.05, 0) is 28.2 Å². The summed E-state index contributed by atoms with van der Waals surface area (Å²) in [7, 11) is 0. The highest BCUT2D eigenvalue weighted by molar-refractivity contribution is 5.63. The molecule has 0 spiro atoms. The Hall–Kier alpha value is -1.56. The van der Waals surface area contributed by atoms with Crippen LogP contribution in [-0.4, -0.2) is 0 Å². The highest BCUT2D eigenvalue weighted by Gasteiger charge is 2.14. The third-order valence-corrected chi connectivity index (χ3v) is 2.69. The van der Waals surface area contributed by atoms with Gasteiger partial charge in [-0.1, -0.05) is 69.3 Å². The normalized spacial score (nSPS) is 11.4. The first-order valence-electron chi connectivity index (χ1n) is 5.65. The number of rotatable bonds is 1. The quantitative estimate of drug-likeness (QED) is 0.651. The molecular weight excluding hydrogens is 192 g/mol. The molecule has 0 N–H and O–H groups in total. The van der Waals surface area contributed by atoms with Gasteiger partial charge in [-0.3, -0.25) is 0 Å². The minimum absolute atomic E-state index is 0.158. The van der Waals surface area contributed by atoms with Gasteiger partial charge in [0.1, 0.15) is 0 Å². The monoisotopic (exact) mass is 209 g/mol. The molecule has 0 fully saturated rings. The fourth-order valence-electron chi connectivity index (χ4n) is 1.69. The van der Waals surface area contributed by atoms with E-state index in [1.165, 1.54) is 16.7 Å². The fraction of sp³-hybridized carbons (Fsp3) is 0.250. The minimum Gasteiger partial charge on any atom is -0.0622 e. The predicted octanol–water partition coefficient (Wildman–Crippen LogP) is 4.45. The van der Waals surface area contributed by atoms with E-state index in [1.807, 2.05) is 6.07 Å². The van der Waals surface area contributed by atoms with Gasteiger partial charge in [0.25, 0.3) is 0 Å². The number of hydrogen-bond acceptors (Lipinski definition) is 0. The second-order valence-electron chi connectivity index (χ2n) is 5.09. The van der Waals surface area contributed by atoms with Crippen LogP contribution < -0.4 is 0 Å². The van der Waals surface area contributed by atoms with E-state index in [2.05, 4.69) is 69.3 Å². The second-order valence-corrected chi connectivity index (χ2v) is 5.09. The maximum absolute atomic E-state index is 3.50. The molecule has 0 heteroatoms. The standard InChI is InChI=1S/C16H17/c1-16(2,3)15-11-7-10-14(12-15)13-8-5-4-6-9-13/h4-11H,1-3H3. The highest BCUT2D eigenvalue weighted by atomic mass is 14.2. The van der Waals surface area contributed by atoms with E-state index in [0.717, 1.165) is 0 Å². The molecule has 16 heavy (non-hydrogen) atoms. The summed E-state index contributed by atoms with van der Waals surface area (Å²) in [4.78, 5) is 0. The van der Waals surface area contributed by atoms with Gasteiger partial charge >= 0.3 is 0 Å². The molecule has 2 aromatic rings. The maximum Gasteiger partial charge on any atom is -0.00588 e. The summed E-state index contributed by atoms with van der Waals surface area (Å²) in [6.07, 6.45) is 0. The summed E-state index contributed by atoms with van der Waals surface area (Å²) in [6, 6.07) is 20.3. The summed E-state index contributed by atoms with van der Waals surface area (Å²) in [5, 5.41) is 0. The van der Waals surface area contributed by atoms with E-state index in [4.69, 9.17) is 0 Å². The minimum atomic E-state index is 0.158. The van der Waals surface area contributed by atoms with Gasteiger partial charge in [0.05, 0.1) is 0 Å². The van der Waals surface area contributed by atoms with Crippen LogP contribution in [0.2, 0.25) is 0 Å². The summed E-state index contributed by atoms with van der Waals surface area (Å²) in [6.45, 7) is 6.65. The molecule has 0 saturated heterocycles. The molecule has 0 nitrogen and oxygen atoms in total. The molecule has 0 aromatic heterocycles. The molecule has 0 saturated carbocycles. The zero-order valence-electron chi connectivity index (χ0n) is 10.1. The average Bonchev–Trinajstić information content (AvgIpc) is 2.29.